The fraction of sp³-hybridized carbons (Fsp3) is 0.407. The van der Waals surface area contributed by atoms with E-state index in [2.05, 4.69) is 74.9 Å². The predicted molar refractivity (Wildman–Crippen MR) is 126 cm³/mol. The van der Waals surface area contributed by atoms with Gasteiger partial charge < -0.3 is 0 Å². The maximum Gasteiger partial charge on any atom is 0.0708 e. The van der Waals surface area contributed by atoms with Gasteiger partial charge in [-0.25, -0.2) is 0 Å². The van der Waals surface area contributed by atoms with Gasteiger partial charge in [-0.05, 0) is 64.6 Å². The molecule has 31 heavy (non-hydrogen) atoms. The molecule has 160 valence electrons. The van der Waals surface area contributed by atoms with Crippen molar-refractivity contribution < 1.29 is 82.6 Å². The van der Waals surface area contributed by atoms with Crippen LogP contribution in [0.25, 0.3) is 22.4 Å². The van der Waals surface area contributed by atoms with E-state index < -0.39 is 0 Å². The maximum atomic E-state index is 4.59. The Labute approximate surface area is 256 Å². The Hall–Kier alpha value is 0.247. The minimum absolute atomic E-state index is 0. The summed E-state index contributed by atoms with van der Waals surface area (Å²) < 4.78 is 0. The monoisotopic (exact) mass is 670 g/mol. The zero-order chi connectivity index (χ0) is 21.4. The van der Waals surface area contributed by atoms with Gasteiger partial charge >= 0.3 is 0 Å². The van der Waals surface area contributed by atoms with Crippen LogP contribution in [0, 0.1) is 93.9 Å². The van der Waals surface area contributed by atoms with Gasteiger partial charge in [-0.3, -0.25) is 9.97 Å². The molecule has 0 N–H and O–H groups in total. The number of pyridine rings is 2. The topological polar surface area (TPSA) is 25.8 Å². The van der Waals surface area contributed by atoms with Crippen LogP contribution in [0.5, 0.6) is 0 Å². The Balaban J connectivity index is 0.00000219. The molecular weight excluding hydrogens is 634 g/mol. The molecule has 2 radical (unpaired) electrons. The largest absolute Gasteiger partial charge is 0.265 e. The van der Waals surface area contributed by atoms with E-state index in [9.17, 15) is 0 Å². The average Bonchev–Trinajstić information content (AvgIpc) is 2.73. The molecule has 2 nitrogen and oxygen atoms in total. The van der Waals surface area contributed by atoms with Crippen LogP contribution < -0.4 is 0 Å². The van der Waals surface area contributed by atoms with Crippen molar-refractivity contribution in [1.29, 1.82) is 0 Å². The van der Waals surface area contributed by atoms with E-state index in [0.29, 0.717) is 11.8 Å². The number of hydrogen-bond acceptors (Lipinski definition) is 2. The minimum Gasteiger partial charge on any atom is -0.265 e. The Morgan fingerprint density at radius 1 is 0.742 bits per heavy atom. The molecule has 1 atom stereocenters. The van der Waals surface area contributed by atoms with Crippen molar-refractivity contribution in [3.8, 4) is 22.4 Å². The van der Waals surface area contributed by atoms with Gasteiger partial charge in [0.2, 0.25) is 0 Å². The fourth-order valence-corrected chi connectivity index (χ4v) is 3.66. The van der Waals surface area contributed by atoms with Gasteiger partial charge in [0.25, 0.3) is 0 Å². The SMILES string of the molecule is CC.CC(C)CC(c1ccc(-c2cc(-c3ccncc3)ccn2)cc1)C(C)(C)C.[Pr].[Pr]. The molecule has 4 heteroatoms. The third-order valence-corrected chi connectivity index (χ3v) is 5.13. The van der Waals surface area contributed by atoms with E-state index in [0.717, 1.165) is 16.8 Å². The van der Waals surface area contributed by atoms with Crippen LogP contribution in [-0.4, -0.2) is 9.97 Å². The number of aromatic nitrogens is 2. The van der Waals surface area contributed by atoms with Gasteiger partial charge in [0.15, 0.2) is 0 Å². The van der Waals surface area contributed by atoms with Gasteiger partial charge in [0.05, 0.1) is 5.69 Å². The molecule has 0 amide bonds. The second kappa shape index (κ2) is 15.2. The average molecular weight is 670 g/mol. The quantitative estimate of drug-likeness (QED) is 0.275. The first-order chi connectivity index (χ1) is 13.8. The second-order valence-electron chi connectivity index (χ2n) is 8.84. The number of hydrogen-bond donors (Lipinski definition) is 0. The third kappa shape index (κ3) is 9.56. The number of rotatable bonds is 5. The van der Waals surface area contributed by atoms with E-state index in [4.69, 9.17) is 0 Å². The molecule has 3 rings (SSSR count). The molecule has 0 fully saturated rings. The molecule has 1 unspecified atom stereocenters. The fourth-order valence-electron chi connectivity index (χ4n) is 3.66. The molecule has 3 aromatic rings. The summed E-state index contributed by atoms with van der Waals surface area (Å²) in [7, 11) is 0. The summed E-state index contributed by atoms with van der Waals surface area (Å²) in [5.74, 6) is 1.25. The normalized spacial score (nSPS) is 11.5. The van der Waals surface area contributed by atoms with Crippen molar-refractivity contribution in [2.45, 2.75) is 60.8 Å². The van der Waals surface area contributed by atoms with Crippen molar-refractivity contribution in [2.24, 2.45) is 11.3 Å². The predicted octanol–water partition coefficient (Wildman–Crippen LogP) is 8.01. The Bertz CT molecular complexity index is 870. The summed E-state index contributed by atoms with van der Waals surface area (Å²) in [6, 6.07) is 17.3. The van der Waals surface area contributed by atoms with Gasteiger partial charge in [-0.15, -0.1) is 0 Å². The smallest absolute Gasteiger partial charge is 0.0708 e. The van der Waals surface area contributed by atoms with Crippen molar-refractivity contribution in [2.75, 3.05) is 0 Å². The summed E-state index contributed by atoms with van der Waals surface area (Å²) >= 11 is 0. The first kappa shape index (κ1) is 31.2. The molecule has 0 aliphatic heterocycles. The summed E-state index contributed by atoms with van der Waals surface area (Å²) in [6.45, 7) is 15.6. The third-order valence-electron chi connectivity index (χ3n) is 5.13. The van der Waals surface area contributed by atoms with E-state index >= 15 is 0 Å². The maximum absolute atomic E-state index is 4.59. The van der Waals surface area contributed by atoms with Gasteiger partial charge in [-0.1, -0.05) is 72.7 Å². The van der Waals surface area contributed by atoms with Crippen molar-refractivity contribution in [3.05, 3.63) is 72.7 Å². The van der Waals surface area contributed by atoms with Crippen molar-refractivity contribution >= 4 is 0 Å². The molecular formula is C27H36N2Pr2. The Morgan fingerprint density at radius 2 is 1.29 bits per heavy atom. The summed E-state index contributed by atoms with van der Waals surface area (Å²) in [6.07, 6.45) is 6.74. The molecule has 2 aromatic heterocycles. The van der Waals surface area contributed by atoms with E-state index in [-0.39, 0.29) is 88.0 Å². The summed E-state index contributed by atoms with van der Waals surface area (Å²) in [5.41, 5.74) is 6.17. The molecule has 2 heterocycles. The second-order valence-corrected chi connectivity index (χ2v) is 8.84. The van der Waals surface area contributed by atoms with Crippen LogP contribution in [-0.2, 0) is 0 Å². The van der Waals surface area contributed by atoms with E-state index in [1.54, 1.807) is 0 Å². The van der Waals surface area contributed by atoms with Crippen LogP contribution in [0.4, 0.5) is 0 Å². The summed E-state index contributed by atoms with van der Waals surface area (Å²) in [5, 5.41) is 0. The van der Waals surface area contributed by atoms with Gasteiger partial charge in [0, 0.05) is 107 Å². The zero-order valence-electron chi connectivity index (χ0n) is 20.3. The standard InChI is InChI=1S/C25H30N2.C2H6.2Pr/c1-18(2)16-23(25(3,4)5)20-6-8-21(9-7-20)24-17-22(12-15-27-24)19-10-13-26-14-11-19;1-2;;/h6-15,17-18,23H,16H2,1-5H3;1-2H3;;. The first-order valence-corrected chi connectivity index (χ1v) is 10.8. The molecule has 0 saturated carbocycles. The number of benzene rings is 1. The molecule has 0 aliphatic carbocycles. The summed E-state index contributed by atoms with van der Waals surface area (Å²) in [4.78, 5) is 8.69. The van der Waals surface area contributed by atoms with E-state index in [1.165, 1.54) is 17.5 Å². The van der Waals surface area contributed by atoms with Crippen molar-refractivity contribution in [3.63, 3.8) is 0 Å². The Morgan fingerprint density at radius 3 is 1.81 bits per heavy atom. The zero-order valence-corrected chi connectivity index (χ0v) is 27.7. The molecule has 0 spiro atoms. The van der Waals surface area contributed by atoms with Crippen LogP contribution in [0.3, 0.4) is 0 Å². The van der Waals surface area contributed by atoms with Crippen LogP contribution >= 0.6 is 0 Å². The molecule has 0 saturated heterocycles. The van der Waals surface area contributed by atoms with Gasteiger partial charge in [-0.2, -0.15) is 0 Å². The molecule has 1 aromatic carbocycles. The molecule has 0 bridgehead atoms. The van der Waals surface area contributed by atoms with Gasteiger partial charge in [0.1, 0.15) is 0 Å². The first-order valence-electron chi connectivity index (χ1n) is 10.8. The Kier molecular flexibility index (Phi) is 15.3. The van der Waals surface area contributed by atoms with Crippen LogP contribution in [0.2, 0.25) is 0 Å². The van der Waals surface area contributed by atoms with Crippen molar-refractivity contribution in [1.82, 2.24) is 9.97 Å². The van der Waals surface area contributed by atoms with Crippen LogP contribution in [0.15, 0.2) is 67.1 Å². The molecule has 0 aliphatic rings. The number of nitrogens with zero attached hydrogens (tertiary/aromatic N) is 2. The minimum atomic E-state index is 0. The van der Waals surface area contributed by atoms with E-state index in [1.807, 2.05) is 50.6 Å². The van der Waals surface area contributed by atoms with Crippen LogP contribution in [0.1, 0.15) is 66.4 Å².